The first-order chi connectivity index (χ1) is 12.1. The maximum atomic E-state index is 10.2. The maximum Gasteiger partial charge on any atom is 0.317 e. The van der Waals surface area contributed by atoms with E-state index in [0.29, 0.717) is 12.5 Å². The van der Waals surface area contributed by atoms with E-state index in [9.17, 15) is 14.4 Å². The number of esters is 1. The van der Waals surface area contributed by atoms with Crippen molar-refractivity contribution in [3.63, 3.8) is 0 Å². The van der Waals surface area contributed by atoms with Gasteiger partial charge in [0.25, 0.3) is 0 Å². The summed E-state index contributed by atoms with van der Waals surface area (Å²) in [6.45, 7) is 13.9. The Hall–Kier alpha value is -1.47. The fourth-order valence-electron chi connectivity index (χ4n) is 1.53. The Kier molecular flexibility index (Phi) is 35.1. The summed E-state index contributed by atoms with van der Waals surface area (Å²) >= 11 is 0. The first kappa shape index (κ1) is 32.2. The Morgan fingerprint density at radius 1 is 1.04 bits per heavy atom. The molecule has 0 aliphatic heterocycles. The van der Waals surface area contributed by atoms with Crippen LogP contribution in [0.2, 0.25) is 0 Å². The van der Waals surface area contributed by atoms with Crippen LogP contribution in [0.4, 0.5) is 0 Å². The lowest BCUT2D eigenvalue weighted by atomic mass is 9.99. The standard InChI is InChI=1S/C10H21NO2.C4H8O2.C3H6O.C2H6O/c1-3-5-6-9(4-2)7-11-8-10(12)13;1-3-6-4(2)5;1-3(2)4;1-2-3/h9,11H,3-8H2,1-2H3,(H,12,13);3H2,1-2H3;1-2H3;3H,2H2,1H3. The van der Waals surface area contributed by atoms with Gasteiger partial charge in [-0.3, -0.25) is 9.59 Å². The highest BCUT2D eigenvalue weighted by molar-refractivity contribution is 5.72. The number of hydrogen-bond donors (Lipinski definition) is 3. The van der Waals surface area contributed by atoms with Crippen molar-refractivity contribution in [1.82, 2.24) is 5.32 Å². The molecule has 0 saturated carbocycles. The highest BCUT2D eigenvalue weighted by Gasteiger charge is 2.05. The third-order valence-electron chi connectivity index (χ3n) is 2.60. The number of ketones is 1. The van der Waals surface area contributed by atoms with Gasteiger partial charge in [0.2, 0.25) is 0 Å². The summed E-state index contributed by atoms with van der Waals surface area (Å²) in [5.41, 5.74) is 0. The number of aliphatic hydroxyl groups excluding tert-OH is 1. The van der Waals surface area contributed by atoms with E-state index in [-0.39, 0.29) is 24.9 Å². The maximum absolute atomic E-state index is 10.2. The molecule has 0 rings (SSSR count). The number of nitrogens with one attached hydrogen (secondary N) is 1. The minimum atomic E-state index is -0.773. The predicted octanol–water partition coefficient (Wildman–Crippen LogP) is 3.04. The number of aliphatic carboxylic acids is 1. The molecule has 26 heavy (non-hydrogen) atoms. The minimum Gasteiger partial charge on any atom is -0.480 e. The monoisotopic (exact) mass is 379 g/mol. The minimum absolute atomic E-state index is 0.0859. The van der Waals surface area contributed by atoms with Crippen molar-refractivity contribution < 1.29 is 29.3 Å². The smallest absolute Gasteiger partial charge is 0.317 e. The third kappa shape index (κ3) is 57.0. The second-order valence-corrected chi connectivity index (χ2v) is 5.59. The van der Waals surface area contributed by atoms with Gasteiger partial charge >= 0.3 is 11.9 Å². The number of unbranched alkanes of at least 4 members (excludes halogenated alkanes) is 1. The number of carbonyl (C=O) groups is 3. The third-order valence-corrected chi connectivity index (χ3v) is 2.60. The lowest BCUT2D eigenvalue weighted by Gasteiger charge is -2.13. The Morgan fingerprint density at radius 3 is 1.73 bits per heavy atom. The molecule has 0 radical (unpaired) electrons. The summed E-state index contributed by atoms with van der Waals surface area (Å²) in [7, 11) is 0. The van der Waals surface area contributed by atoms with Crippen LogP contribution in [0.15, 0.2) is 0 Å². The van der Waals surface area contributed by atoms with E-state index in [1.807, 2.05) is 0 Å². The number of carbonyl (C=O) groups excluding carboxylic acids is 2. The number of ether oxygens (including phenoxy) is 1. The Labute approximate surface area is 159 Å². The second kappa shape index (κ2) is 28.3. The van der Waals surface area contributed by atoms with Crippen LogP contribution >= 0.6 is 0 Å². The molecule has 0 fully saturated rings. The van der Waals surface area contributed by atoms with Crippen molar-refractivity contribution in [1.29, 1.82) is 0 Å². The normalized spacial score (nSPS) is 9.85. The van der Waals surface area contributed by atoms with Gasteiger partial charge < -0.3 is 25.1 Å². The van der Waals surface area contributed by atoms with Crippen LogP contribution < -0.4 is 5.32 Å². The molecule has 7 nitrogen and oxygen atoms in total. The van der Waals surface area contributed by atoms with Crippen molar-refractivity contribution in [3.8, 4) is 0 Å². The topological polar surface area (TPSA) is 113 Å². The van der Waals surface area contributed by atoms with Crippen LogP contribution in [0.25, 0.3) is 0 Å². The van der Waals surface area contributed by atoms with Gasteiger partial charge in [0.15, 0.2) is 0 Å². The van der Waals surface area contributed by atoms with Crippen LogP contribution in [-0.2, 0) is 19.1 Å². The van der Waals surface area contributed by atoms with E-state index in [1.54, 1.807) is 13.8 Å². The summed E-state index contributed by atoms with van der Waals surface area (Å²) in [6, 6.07) is 0. The van der Waals surface area contributed by atoms with E-state index < -0.39 is 5.97 Å². The van der Waals surface area contributed by atoms with Crippen LogP contribution in [0.3, 0.4) is 0 Å². The molecule has 0 amide bonds. The summed E-state index contributed by atoms with van der Waals surface area (Å²) < 4.78 is 4.40. The SMILES string of the molecule is CC(C)=O.CCCCC(CC)CNCC(=O)O.CCO.CCOC(C)=O. The molecule has 158 valence electrons. The van der Waals surface area contributed by atoms with E-state index in [1.165, 1.54) is 40.0 Å². The van der Waals surface area contributed by atoms with E-state index in [0.717, 1.165) is 13.0 Å². The molecule has 0 aliphatic carbocycles. The van der Waals surface area contributed by atoms with Gasteiger partial charge in [-0.1, -0.05) is 33.1 Å². The quantitative estimate of drug-likeness (QED) is 0.528. The molecule has 0 aromatic heterocycles. The fraction of sp³-hybridized carbons (Fsp3) is 0.842. The highest BCUT2D eigenvalue weighted by Crippen LogP contribution is 2.10. The van der Waals surface area contributed by atoms with Crippen LogP contribution in [0.5, 0.6) is 0 Å². The van der Waals surface area contributed by atoms with Crippen molar-refractivity contribution in [2.45, 2.75) is 74.1 Å². The van der Waals surface area contributed by atoms with E-state index in [2.05, 4.69) is 23.9 Å². The summed E-state index contributed by atoms with van der Waals surface area (Å²) in [5.74, 6) is -0.179. The van der Waals surface area contributed by atoms with Gasteiger partial charge in [0.05, 0.1) is 13.2 Å². The lowest BCUT2D eigenvalue weighted by molar-refractivity contribution is -0.140. The van der Waals surface area contributed by atoms with Crippen molar-refractivity contribution >= 4 is 17.7 Å². The molecule has 0 bridgehead atoms. The Bertz CT molecular complexity index is 317. The second-order valence-electron chi connectivity index (χ2n) is 5.59. The molecule has 1 unspecified atom stereocenters. The number of hydrogen-bond acceptors (Lipinski definition) is 6. The molecule has 7 heteroatoms. The zero-order valence-corrected chi connectivity index (χ0v) is 17.8. The van der Waals surface area contributed by atoms with Gasteiger partial charge in [-0.05, 0) is 46.6 Å². The molecule has 0 aromatic rings. The van der Waals surface area contributed by atoms with Crippen LogP contribution in [0.1, 0.15) is 74.1 Å². The number of aliphatic hydroxyl groups is 1. The number of carboxylic acids is 1. The molecular formula is C19H41NO6. The summed E-state index contributed by atoms with van der Waals surface area (Å²) in [6.07, 6.45) is 4.80. The largest absolute Gasteiger partial charge is 0.480 e. The Morgan fingerprint density at radius 2 is 1.50 bits per heavy atom. The predicted molar refractivity (Wildman–Crippen MR) is 105 cm³/mol. The number of Topliss-reactive ketones (excluding diaryl/α,β-unsaturated/α-hetero) is 1. The van der Waals surface area contributed by atoms with E-state index >= 15 is 0 Å². The molecule has 0 saturated heterocycles. The first-order valence-electron chi connectivity index (χ1n) is 9.26. The fourth-order valence-corrected chi connectivity index (χ4v) is 1.53. The molecule has 0 heterocycles. The van der Waals surface area contributed by atoms with Crippen LogP contribution in [0, 0.1) is 5.92 Å². The zero-order chi connectivity index (χ0) is 21.4. The highest BCUT2D eigenvalue weighted by atomic mass is 16.5. The zero-order valence-electron chi connectivity index (χ0n) is 17.8. The van der Waals surface area contributed by atoms with Gasteiger partial charge in [0.1, 0.15) is 5.78 Å². The number of carboxylic acid groups (broad SMARTS) is 1. The molecular weight excluding hydrogens is 338 g/mol. The summed E-state index contributed by atoms with van der Waals surface area (Å²) in [5, 5.41) is 18.9. The summed E-state index contributed by atoms with van der Waals surface area (Å²) in [4.78, 5) is 29.5. The Balaban J connectivity index is -0.000000154. The molecule has 0 aromatic carbocycles. The van der Waals surface area contributed by atoms with Crippen molar-refractivity contribution in [2.24, 2.45) is 5.92 Å². The molecule has 0 spiro atoms. The van der Waals surface area contributed by atoms with Crippen molar-refractivity contribution in [2.75, 3.05) is 26.3 Å². The lowest BCUT2D eigenvalue weighted by Crippen LogP contribution is -2.28. The molecule has 0 aliphatic rings. The van der Waals surface area contributed by atoms with Crippen molar-refractivity contribution in [3.05, 3.63) is 0 Å². The van der Waals surface area contributed by atoms with Gasteiger partial charge in [0, 0.05) is 13.5 Å². The van der Waals surface area contributed by atoms with E-state index in [4.69, 9.17) is 10.2 Å². The van der Waals surface area contributed by atoms with Gasteiger partial charge in [-0.2, -0.15) is 0 Å². The van der Waals surface area contributed by atoms with Crippen LogP contribution in [-0.4, -0.2) is 54.2 Å². The number of rotatable bonds is 9. The average molecular weight is 380 g/mol. The van der Waals surface area contributed by atoms with Gasteiger partial charge in [-0.15, -0.1) is 0 Å². The first-order valence-corrected chi connectivity index (χ1v) is 9.26. The average Bonchev–Trinajstić information content (AvgIpc) is 2.51. The molecule has 1 atom stereocenters. The molecule has 3 N–H and O–H groups in total. The van der Waals surface area contributed by atoms with Gasteiger partial charge in [-0.25, -0.2) is 0 Å².